The first kappa shape index (κ1) is 12.7. The summed E-state index contributed by atoms with van der Waals surface area (Å²) in [7, 11) is 1.17. The van der Waals surface area contributed by atoms with E-state index in [0.717, 1.165) is 19.3 Å². The third-order valence-corrected chi connectivity index (χ3v) is 1.79. The van der Waals surface area contributed by atoms with Gasteiger partial charge in [0.05, 0.1) is 7.11 Å². The van der Waals surface area contributed by atoms with Crippen LogP contribution >= 0.6 is 0 Å². The first-order chi connectivity index (χ1) is 6.63. The molecule has 0 amide bonds. The minimum absolute atomic E-state index is 0.274. The summed E-state index contributed by atoms with van der Waals surface area (Å²) in [5, 5.41) is 8.66. The summed E-state index contributed by atoms with van der Waals surface area (Å²) in [4.78, 5) is 21.5. The number of hydrogen-bond donors (Lipinski definition) is 1. The van der Waals surface area contributed by atoms with Gasteiger partial charge in [0.15, 0.2) is 0 Å². The summed E-state index contributed by atoms with van der Waals surface area (Å²) >= 11 is 0. The van der Waals surface area contributed by atoms with Gasteiger partial charge in [-0.25, -0.2) is 9.59 Å². The number of methoxy groups -OCH3 is 1. The van der Waals surface area contributed by atoms with E-state index in [-0.39, 0.29) is 5.57 Å². The largest absolute Gasteiger partial charge is 0.477 e. The number of hydrogen-bond acceptors (Lipinski definition) is 3. The maximum Gasteiger partial charge on any atom is 0.344 e. The third-order valence-electron chi connectivity index (χ3n) is 1.79. The lowest BCUT2D eigenvalue weighted by atomic mass is 10.1. The Morgan fingerprint density at radius 1 is 1.36 bits per heavy atom. The molecule has 0 aromatic carbocycles. The van der Waals surface area contributed by atoms with Crippen LogP contribution in [0, 0.1) is 0 Å². The van der Waals surface area contributed by atoms with Crippen molar-refractivity contribution in [2.45, 2.75) is 32.6 Å². The Balaban J connectivity index is 4.20. The van der Waals surface area contributed by atoms with Crippen molar-refractivity contribution in [1.29, 1.82) is 0 Å². The number of carboxylic acid groups (broad SMARTS) is 1. The summed E-state index contributed by atoms with van der Waals surface area (Å²) in [5.74, 6) is -2.01. The van der Waals surface area contributed by atoms with Crippen molar-refractivity contribution in [1.82, 2.24) is 0 Å². The predicted molar refractivity (Wildman–Crippen MR) is 51.9 cm³/mol. The van der Waals surface area contributed by atoms with Crippen LogP contribution < -0.4 is 0 Å². The van der Waals surface area contributed by atoms with Gasteiger partial charge >= 0.3 is 11.9 Å². The van der Waals surface area contributed by atoms with Crippen molar-refractivity contribution < 1.29 is 19.4 Å². The van der Waals surface area contributed by atoms with Crippen molar-refractivity contribution in [3.8, 4) is 0 Å². The minimum atomic E-state index is -1.23. The number of rotatable bonds is 6. The Labute approximate surface area is 83.6 Å². The van der Waals surface area contributed by atoms with E-state index in [0.29, 0.717) is 6.42 Å². The summed E-state index contributed by atoms with van der Waals surface area (Å²) in [6.07, 6.45) is 5.01. The van der Waals surface area contributed by atoms with E-state index in [1.54, 1.807) is 0 Å². The highest BCUT2D eigenvalue weighted by Gasteiger charge is 2.16. The number of carboxylic acids is 1. The molecule has 0 fully saturated rings. The molecule has 0 heterocycles. The monoisotopic (exact) mass is 200 g/mol. The van der Waals surface area contributed by atoms with E-state index >= 15 is 0 Å². The highest BCUT2D eigenvalue weighted by atomic mass is 16.5. The maximum absolute atomic E-state index is 10.9. The van der Waals surface area contributed by atoms with Gasteiger partial charge in [-0.2, -0.15) is 0 Å². The van der Waals surface area contributed by atoms with Crippen molar-refractivity contribution in [3.63, 3.8) is 0 Å². The number of esters is 1. The Morgan fingerprint density at radius 2 is 2.00 bits per heavy atom. The van der Waals surface area contributed by atoms with Gasteiger partial charge in [-0.15, -0.1) is 0 Å². The molecule has 0 unspecified atom stereocenters. The van der Waals surface area contributed by atoms with Gasteiger partial charge < -0.3 is 9.84 Å². The second kappa shape index (κ2) is 7.12. The molecule has 0 aromatic rings. The molecule has 14 heavy (non-hydrogen) atoms. The Kier molecular flexibility index (Phi) is 6.45. The first-order valence-corrected chi connectivity index (χ1v) is 4.65. The summed E-state index contributed by atoms with van der Waals surface area (Å²) in [5.41, 5.74) is -0.274. The zero-order valence-electron chi connectivity index (χ0n) is 8.58. The van der Waals surface area contributed by atoms with Gasteiger partial charge in [-0.1, -0.05) is 25.8 Å². The maximum atomic E-state index is 10.9. The fraction of sp³-hybridized carbons (Fsp3) is 0.600. The van der Waals surface area contributed by atoms with Crippen LogP contribution in [0.2, 0.25) is 0 Å². The second-order valence-corrected chi connectivity index (χ2v) is 2.91. The zero-order valence-corrected chi connectivity index (χ0v) is 8.58. The van der Waals surface area contributed by atoms with Crippen LogP contribution in [0.3, 0.4) is 0 Å². The summed E-state index contributed by atoms with van der Waals surface area (Å²) < 4.78 is 4.34. The van der Waals surface area contributed by atoms with Gasteiger partial charge in [-0.05, 0) is 12.8 Å². The highest BCUT2D eigenvalue weighted by molar-refractivity contribution is 6.13. The molecule has 0 aliphatic rings. The van der Waals surface area contributed by atoms with Gasteiger partial charge in [0.25, 0.3) is 0 Å². The van der Waals surface area contributed by atoms with E-state index in [1.807, 2.05) is 0 Å². The van der Waals surface area contributed by atoms with Crippen molar-refractivity contribution in [3.05, 3.63) is 11.6 Å². The molecular formula is C10H16O4. The molecule has 0 aliphatic heterocycles. The topological polar surface area (TPSA) is 63.6 Å². The van der Waals surface area contributed by atoms with Crippen molar-refractivity contribution in [2.24, 2.45) is 0 Å². The second-order valence-electron chi connectivity index (χ2n) is 2.91. The SMILES string of the molecule is CCCCCC=C(C(=O)O)C(=O)OC. The van der Waals surface area contributed by atoms with Crippen LogP contribution in [0.25, 0.3) is 0 Å². The Bertz CT molecular complexity index is 230. The fourth-order valence-corrected chi connectivity index (χ4v) is 1.01. The number of allylic oxidation sites excluding steroid dienone is 1. The number of aliphatic carboxylic acids is 1. The van der Waals surface area contributed by atoms with E-state index in [9.17, 15) is 9.59 Å². The minimum Gasteiger partial charge on any atom is -0.477 e. The average Bonchev–Trinajstić information content (AvgIpc) is 2.16. The third kappa shape index (κ3) is 4.64. The molecule has 4 heteroatoms. The Hall–Kier alpha value is -1.32. The van der Waals surface area contributed by atoms with Gasteiger partial charge in [0, 0.05) is 0 Å². The molecule has 0 spiro atoms. The molecule has 4 nitrogen and oxygen atoms in total. The van der Waals surface area contributed by atoms with E-state index in [1.165, 1.54) is 13.2 Å². The highest BCUT2D eigenvalue weighted by Crippen LogP contribution is 2.05. The summed E-state index contributed by atoms with van der Waals surface area (Å²) in [6, 6.07) is 0. The van der Waals surface area contributed by atoms with Crippen LogP contribution in [0.4, 0.5) is 0 Å². The molecule has 0 bridgehead atoms. The van der Waals surface area contributed by atoms with Crippen LogP contribution in [0.15, 0.2) is 11.6 Å². The molecule has 80 valence electrons. The van der Waals surface area contributed by atoms with E-state index in [2.05, 4.69) is 11.7 Å². The number of ether oxygens (including phenoxy) is 1. The standard InChI is InChI=1S/C10H16O4/c1-3-4-5-6-7-8(9(11)12)10(13)14-2/h7H,3-6H2,1-2H3,(H,11,12). The van der Waals surface area contributed by atoms with E-state index in [4.69, 9.17) is 5.11 Å². The zero-order chi connectivity index (χ0) is 11.0. The van der Waals surface area contributed by atoms with Crippen LogP contribution in [-0.4, -0.2) is 24.2 Å². The molecule has 0 radical (unpaired) electrons. The molecule has 0 saturated heterocycles. The van der Waals surface area contributed by atoms with E-state index < -0.39 is 11.9 Å². The van der Waals surface area contributed by atoms with Gasteiger partial charge in [-0.3, -0.25) is 0 Å². The van der Waals surface area contributed by atoms with Crippen LogP contribution in [-0.2, 0) is 14.3 Å². The van der Waals surface area contributed by atoms with Gasteiger partial charge in [0.2, 0.25) is 0 Å². The molecule has 0 rings (SSSR count). The van der Waals surface area contributed by atoms with Crippen LogP contribution in [0.1, 0.15) is 32.6 Å². The van der Waals surface area contributed by atoms with Gasteiger partial charge in [0.1, 0.15) is 5.57 Å². The quantitative estimate of drug-likeness (QED) is 0.233. The molecule has 0 aliphatic carbocycles. The lowest BCUT2D eigenvalue weighted by Crippen LogP contribution is -2.13. The molecule has 0 aromatic heterocycles. The molecule has 0 atom stereocenters. The number of carbonyl (C=O) groups is 2. The first-order valence-electron chi connectivity index (χ1n) is 4.65. The molecular weight excluding hydrogens is 184 g/mol. The smallest absolute Gasteiger partial charge is 0.344 e. The van der Waals surface area contributed by atoms with Crippen molar-refractivity contribution in [2.75, 3.05) is 7.11 Å². The lowest BCUT2D eigenvalue weighted by molar-refractivity contribution is -0.142. The summed E-state index contributed by atoms with van der Waals surface area (Å²) in [6.45, 7) is 2.06. The molecule has 1 N–H and O–H groups in total. The Morgan fingerprint density at radius 3 is 2.43 bits per heavy atom. The number of unbranched alkanes of at least 4 members (excludes halogenated alkanes) is 3. The molecule has 0 saturated carbocycles. The fourth-order valence-electron chi connectivity index (χ4n) is 1.01. The van der Waals surface area contributed by atoms with Crippen LogP contribution in [0.5, 0.6) is 0 Å². The van der Waals surface area contributed by atoms with Crippen molar-refractivity contribution >= 4 is 11.9 Å². The normalized spacial score (nSPS) is 11.1. The lowest BCUT2D eigenvalue weighted by Gasteiger charge is -1.99. The number of carbonyl (C=O) groups excluding carboxylic acids is 1. The average molecular weight is 200 g/mol. The predicted octanol–water partition coefficient (Wildman–Crippen LogP) is 1.75.